The lowest BCUT2D eigenvalue weighted by Crippen LogP contribution is -2.33. The number of urea groups is 1. The summed E-state index contributed by atoms with van der Waals surface area (Å²) in [5.74, 6) is -1.01. The molecule has 7 heteroatoms. The molecule has 0 bridgehead atoms. The van der Waals surface area contributed by atoms with Crippen molar-refractivity contribution in [2.45, 2.75) is 19.4 Å². The van der Waals surface area contributed by atoms with Crippen LogP contribution in [0.3, 0.4) is 0 Å². The SMILES string of the molecule is O=C(NCc1ccccn1)c1cc(F)ccc1NC(=O)N1CCCC1. The molecule has 0 saturated carbocycles. The summed E-state index contributed by atoms with van der Waals surface area (Å²) in [6.45, 7) is 1.60. The highest BCUT2D eigenvalue weighted by Crippen LogP contribution is 2.19. The summed E-state index contributed by atoms with van der Waals surface area (Å²) in [5, 5.41) is 5.40. The van der Waals surface area contributed by atoms with E-state index in [1.165, 1.54) is 12.1 Å². The maximum absolute atomic E-state index is 13.6. The van der Waals surface area contributed by atoms with Gasteiger partial charge in [0.15, 0.2) is 0 Å². The fraction of sp³-hybridized carbons (Fsp3) is 0.278. The number of carbonyl (C=O) groups is 2. The summed E-state index contributed by atoms with van der Waals surface area (Å²) in [6.07, 6.45) is 3.56. The highest BCUT2D eigenvalue weighted by atomic mass is 19.1. The summed E-state index contributed by atoms with van der Waals surface area (Å²) in [4.78, 5) is 30.5. The third-order valence-corrected chi connectivity index (χ3v) is 4.02. The Morgan fingerprint density at radius 3 is 2.68 bits per heavy atom. The molecule has 0 spiro atoms. The van der Waals surface area contributed by atoms with Gasteiger partial charge in [0, 0.05) is 19.3 Å². The van der Waals surface area contributed by atoms with Gasteiger partial charge in [-0.2, -0.15) is 0 Å². The molecule has 2 aromatic rings. The van der Waals surface area contributed by atoms with Crippen molar-refractivity contribution in [3.05, 3.63) is 59.7 Å². The largest absolute Gasteiger partial charge is 0.346 e. The topological polar surface area (TPSA) is 74.3 Å². The fourth-order valence-electron chi connectivity index (χ4n) is 2.70. The second kappa shape index (κ2) is 7.74. The molecule has 3 rings (SSSR count). The lowest BCUT2D eigenvalue weighted by Gasteiger charge is -2.18. The third kappa shape index (κ3) is 4.32. The number of anilines is 1. The predicted octanol–water partition coefficient (Wildman–Crippen LogP) is 2.78. The van der Waals surface area contributed by atoms with Gasteiger partial charge in [-0.15, -0.1) is 0 Å². The van der Waals surface area contributed by atoms with Crippen LogP contribution in [0.4, 0.5) is 14.9 Å². The minimum Gasteiger partial charge on any atom is -0.346 e. The first kappa shape index (κ1) is 16.9. The number of rotatable bonds is 4. The molecular formula is C18H19FN4O2. The van der Waals surface area contributed by atoms with Gasteiger partial charge in [-0.3, -0.25) is 9.78 Å². The van der Waals surface area contributed by atoms with Gasteiger partial charge in [-0.05, 0) is 43.2 Å². The zero-order valence-corrected chi connectivity index (χ0v) is 13.7. The van der Waals surface area contributed by atoms with Crippen LogP contribution in [0.2, 0.25) is 0 Å². The number of hydrogen-bond donors (Lipinski definition) is 2. The molecule has 130 valence electrons. The van der Waals surface area contributed by atoms with Crippen molar-refractivity contribution in [2.24, 2.45) is 0 Å². The number of hydrogen-bond acceptors (Lipinski definition) is 3. The summed E-state index contributed by atoms with van der Waals surface area (Å²) < 4.78 is 13.6. The van der Waals surface area contributed by atoms with Gasteiger partial charge in [-0.25, -0.2) is 9.18 Å². The van der Waals surface area contributed by atoms with Gasteiger partial charge >= 0.3 is 6.03 Å². The van der Waals surface area contributed by atoms with E-state index in [1.807, 2.05) is 6.07 Å². The van der Waals surface area contributed by atoms with Crippen molar-refractivity contribution in [3.63, 3.8) is 0 Å². The first-order valence-electron chi connectivity index (χ1n) is 8.17. The van der Waals surface area contributed by atoms with Gasteiger partial charge in [0.05, 0.1) is 23.5 Å². The molecule has 1 fully saturated rings. The first-order valence-corrected chi connectivity index (χ1v) is 8.17. The molecule has 0 atom stereocenters. The van der Waals surface area contributed by atoms with E-state index in [1.54, 1.807) is 23.2 Å². The molecule has 1 aromatic heterocycles. The average molecular weight is 342 g/mol. The van der Waals surface area contributed by atoms with Crippen LogP contribution in [0.25, 0.3) is 0 Å². The quantitative estimate of drug-likeness (QED) is 0.897. The first-order chi connectivity index (χ1) is 12.1. The van der Waals surface area contributed by atoms with Crippen molar-refractivity contribution in [3.8, 4) is 0 Å². The van der Waals surface area contributed by atoms with Crippen molar-refractivity contribution in [1.82, 2.24) is 15.2 Å². The zero-order valence-electron chi connectivity index (χ0n) is 13.7. The molecule has 25 heavy (non-hydrogen) atoms. The highest BCUT2D eigenvalue weighted by Gasteiger charge is 2.20. The summed E-state index contributed by atoms with van der Waals surface area (Å²) in [5.41, 5.74) is 1.07. The molecule has 2 heterocycles. The minimum absolute atomic E-state index is 0.0866. The lowest BCUT2D eigenvalue weighted by molar-refractivity contribution is 0.0951. The van der Waals surface area contributed by atoms with Crippen molar-refractivity contribution in [2.75, 3.05) is 18.4 Å². The molecule has 0 aliphatic carbocycles. The van der Waals surface area contributed by atoms with Crippen LogP contribution < -0.4 is 10.6 Å². The molecule has 1 saturated heterocycles. The summed E-state index contributed by atoms with van der Waals surface area (Å²) in [7, 11) is 0. The molecule has 1 aliphatic rings. The van der Waals surface area contributed by atoms with Gasteiger partial charge in [0.2, 0.25) is 0 Å². The van der Waals surface area contributed by atoms with Gasteiger partial charge in [-0.1, -0.05) is 6.07 Å². The average Bonchev–Trinajstić information content (AvgIpc) is 3.17. The van der Waals surface area contributed by atoms with E-state index in [9.17, 15) is 14.0 Å². The van der Waals surface area contributed by atoms with E-state index in [0.717, 1.165) is 18.9 Å². The zero-order chi connectivity index (χ0) is 17.6. The smallest absolute Gasteiger partial charge is 0.321 e. The van der Waals surface area contributed by atoms with Crippen LogP contribution in [0.15, 0.2) is 42.6 Å². The Morgan fingerprint density at radius 2 is 1.96 bits per heavy atom. The third-order valence-electron chi connectivity index (χ3n) is 4.02. The Labute approximate surface area is 145 Å². The van der Waals surface area contributed by atoms with Gasteiger partial charge in [0.25, 0.3) is 5.91 Å². The van der Waals surface area contributed by atoms with E-state index < -0.39 is 11.7 Å². The molecule has 1 aromatic carbocycles. The number of pyridine rings is 1. The second-order valence-corrected chi connectivity index (χ2v) is 5.82. The van der Waals surface area contributed by atoms with Gasteiger partial charge < -0.3 is 15.5 Å². The summed E-state index contributed by atoms with van der Waals surface area (Å²) in [6, 6.07) is 8.84. The van der Waals surface area contributed by atoms with E-state index in [4.69, 9.17) is 0 Å². The lowest BCUT2D eigenvalue weighted by atomic mass is 10.1. The molecule has 1 aliphatic heterocycles. The summed E-state index contributed by atoms with van der Waals surface area (Å²) >= 11 is 0. The Bertz CT molecular complexity index is 761. The van der Waals surface area contributed by atoms with Crippen LogP contribution in [0, 0.1) is 5.82 Å². The van der Waals surface area contributed by atoms with Crippen molar-refractivity contribution < 1.29 is 14.0 Å². The van der Waals surface area contributed by atoms with Crippen LogP contribution in [0.5, 0.6) is 0 Å². The molecule has 0 radical (unpaired) electrons. The minimum atomic E-state index is -0.540. The molecular weight excluding hydrogens is 323 g/mol. The number of likely N-dealkylation sites (tertiary alicyclic amines) is 1. The van der Waals surface area contributed by atoms with E-state index in [0.29, 0.717) is 18.8 Å². The molecule has 6 nitrogen and oxygen atoms in total. The van der Waals surface area contributed by atoms with Crippen LogP contribution in [-0.2, 0) is 6.54 Å². The number of nitrogens with zero attached hydrogens (tertiary/aromatic N) is 2. The van der Waals surface area contributed by atoms with Crippen LogP contribution in [-0.4, -0.2) is 34.9 Å². The normalized spacial score (nSPS) is 13.6. The number of carbonyl (C=O) groups excluding carboxylic acids is 2. The Morgan fingerprint density at radius 1 is 1.16 bits per heavy atom. The molecule has 0 unspecified atom stereocenters. The van der Waals surface area contributed by atoms with Crippen LogP contribution >= 0.6 is 0 Å². The molecule has 2 N–H and O–H groups in total. The van der Waals surface area contributed by atoms with Crippen molar-refractivity contribution in [1.29, 1.82) is 0 Å². The van der Waals surface area contributed by atoms with E-state index in [-0.39, 0.29) is 23.8 Å². The van der Waals surface area contributed by atoms with Crippen molar-refractivity contribution >= 4 is 17.6 Å². The fourth-order valence-corrected chi connectivity index (χ4v) is 2.70. The maximum atomic E-state index is 13.6. The monoisotopic (exact) mass is 342 g/mol. The molecule has 3 amide bonds. The standard InChI is InChI=1S/C18H19FN4O2/c19-13-6-7-16(22-18(25)23-9-3-4-10-23)15(11-13)17(24)21-12-14-5-1-2-8-20-14/h1-2,5-8,11H,3-4,9-10,12H2,(H,21,24)(H,22,25). The number of aromatic nitrogens is 1. The maximum Gasteiger partial charge on any atom is 0.321 e. The number of halogens is 1. The van der Waals surface area contributed by atoms with E-state index >= 15 is 0 Å². The number of amides is 3. The Hall–Kier alpha value is -2.96. The Balaban J connectivity index is 1.71. The Kier molecular flexibility index (Phi) is 5.23. The van der Waals surface area contributed by atoms with Crippen LogP contribution in [0.1, 0.15) is 28.9 Å². The highest BCUT2D eigenvalue weighted by molar-refractivity contribution is 6.03. The van der Waals surface area contributed by atoms with Gasteiger partial charge in [0.1, 0.15) is 5.82 Å². The second-order valence-electron chi connectivity index (χ2n) is 5.82. The van der Waals surface area contributed by atoms with E-state index in [2.05, 4.69) is 15.6 Å². The number of benzene rings is 1. The predicted molar refractivity (Wildman–Crippen MR) is 91.6 cm³/mol. The number of nitrogens with one attached hydrogen (secondary N) is 2.